The lowest BCUT2D eigenvalue weighted by Gasteiger charge is -2.09. The second-order valence-electron chi connectivity index (χ2n) is 5.70. The molecule has 0 unspecified atom stereocenters. The number of aromatic hydroxyl groups is 1. The van der Waals surface area contributed by atoms with Gasteiger partial charge in [0.1, 0.15) is 4.90 Å². The van der Waals surface area contributed by atoms with E-state index >= 15 is 0 Å². The summed E-state index contributed by atoms with van der Waals surface area (Å²) in [7, 11) is -1.96. The average Bonchev–Trinajstić information content (AvgIpc) is 2.90. The second-order valence-corrected chi connectivity index (χ2v) is 7.62. The van der Waals surface area contributed by atoms with E-state index in [2.05, 4.69) is 0 Å². The minimum absolute atomic E-state index is 0.0768. The number of aryl methyl sites for hydroxylation is 1. The molecule has 1 heterocycles. The first kappa shape index (κ1) is 14.8. The largest absolute Gasteiger partial charge is 0.504 e. The summed E-state index contributed by atoms with van der Waals surface area (Å²) in [4.78, 5) is 0.0884. The van der Waals surface area contributed by atoms with Crippen LogP contribution in [0.4, 0.5) is 0 Å². The van der Waals surface area contributed by atoms with Crippen molar-refractivity contribution in [3.05, 3.63) is 66.7 Å². The molecule has 1 aromatic heterocycles. The van der Waals surface area contributed by atoms with E-state index < -0.39 is 9.84 Å². The number of hydrogen-bond acceptors (Lipinski definition) is 3. The topological polar surface area (TPSA) is 59.3 Å². The molecule has 4 rings (SSSR count). The summed E-state index contributed by atoms with van der Waals surface area (Å²) in [5.41, 5.74) is 1.46. The van der Waals surface area contributed by atoms with Gasteiger partial charge in [-0.15, -0.1) is 0 Å². The quantitative estimate of drug-likeness (QED) is 0.604. The number of rotatable bonds is 2. The molecule has 120 valence electrons. The Labute approximate surface area is 139 Å². The molecular weight excluding hydrogens is 322 g/mol. The molecule has 4 nitrogen and oxygen atoms in total. The lowest BCUT2D eigenvalue weighted by Crippen LogP contribution is -2.03. The van der Waals surface area contributed by atoms with E-state index in [1.807, 2.05) is 35.9 Å². The van der Waals surface area contributed by atoms with Gasteiger partial charge in [-0.3, -0.25) is 0 Å². The molecule has 0 fully saturated rings. The highest BCUT2D eigenvalue weighted by molar-refractivity contribution is 7.91. The van der Waals surface area contributed by atoms with Gasteiger partial charge in [-0.25, -0.2) is 8.42 Å². The van der Waals surface area contributed by atoms with Gasteiger partial charge >= 0.3 is 0 Å². The molecule has 0 saturated heterocycles. The Hall–Kier alpha value is -2.79. The normalized spacial score (nSPS) is 12.0. The van der Waals surface area contributed by atoms with Crippen molar-refractivity contribution in [1.29, 1.82) is 0 Å². The van der Waals surface area contributed by atoms with Crippen LogP contribution in [0.1, 0.15) is 0 Å². The number of phenols is 1. The smallest absolute Gasteiger partial charge is 0.210 e. The molecule has 0 aliphatic rings. The Balaban J connectivity index is 2.08. The van der Waals surface area contributed by atoms with Crippen molar-refractivity contribution in [2.75, 3.05) is 0 Å². The lowest BCUT2D eigenvalue weighted by atomic mass is 10.1. The first-order valence-corrected chi connectivity index (χ1v) is 8.99. The summed E-state index contributed by atoms with van der Waals surface area (Å²) in [6.07, 6.45) is 0. The molecule has 5 heteroatoms. The minimum Gasteiger partial charge on any atom is -0.504 e. The van der Waals surface area contributed by atoms with Crippen molar-refractivity contribution in [3.8, 4) is 5.75 Å². The van der Waals surface area contributed by atoms with Crippen LogP contribution in [0.2, 0.25) is 0 Å². The highest BCUT2D eigenvalue weighted by atomic mass is 32.2. The average molecular weight is 337 g/mol. The zero-order valence-corrected chi connectivity index (χ0v) is 13.8. The molecule has 0 aliphatic heterocycles. The van der Waals surface area contributed by atoms with Crippen molar-refractivity contribution >= 4 is 31.6 Å². The number of fused-ring (bicyclic) bond motifs is 3. The molecule has 0 aliphatic carbocycles. The Morgan fingerprint density at radius 3 is 2.25 bits per heavy atom. The molecule has 4 aromatic rings. The molecule has 0 spiro atoms. The number of benzene rings is 3. The molecule has 0 bridgehead atoms. The molecule has 1 N–H and O–H groups in total. The van der Waals surface area contributed by atoms with Crippen molar-refractivity contribution in [1.82, 2.24) is 4.57 Å². The van der Waals surface area contributed by atoms with Gasteiger partial charge in [0, 0.05) is 23.3 Å². The Morgan fingerprint density at radius 2 is 1.50 bits per heavy atom. The van der Waals surface area contributed by atoms with Gasteiger partial charge < -0.3 is 9.67 Å². The highest BCUT2D eigenvalue weighted by Gasteiger charge is 2.24. The molecule has 0 atom stereocenters. The Morgan fingerprint density at radius 1 is 0.833 bits per heavy atom. The van der Waals surface area contributed by atoms with E-state index in [0.717, 1.165) is 16.3 Å². The van der Waals surface area contributed by atoms with Crippen LogP contribution >= 0.6 is 0 Å². The fourth-order valence-electron chi connectivity index (χ4n) is 3.18. The molecule has 0 saturated carbocycles. The molecule has 0 amide bonds. The Bertz CT molecular complexity index is 1180. The third-order valence-corrected chi connectivity index (χ3v) is 6.15. The summed E-state index contributed by atoms with van der Waals surface area (Å²) in [6, 6.07) is 19.1. The van der Waals surface area contributed by atoms with Crippen LogP contribution in [0.15, 0.2) is 76.5 Å². The summed E-state index contributed by atoms with van der Waals surface area (Å²) in [5.74, 6) is -0.213. The molecule has 24 heavy (non-hydrogen) atoms. The van der Waals surface area contributed by atoms with Gasteiger partial charge in [0.2, 0.25) is 9.84 Å². The number of aromatic nitrogens is 1. The van der Waals surface area contributed by atoms with Crippen molar-refractivity contribution in [3.63, 3.8) is 0 Å². The van der Waals surface area contributed by atoms with Gasteiger partial charge in [0.25, 0.3) is 0 Å². The highest BCUT2D eigenvalue weighted by Crippen LogP contribution is 2.39. The third-order valence-electron chi connectivity index (χ3n) is 4.35. The number of sulfone groups is 1. The van der Waals surface area contributed by atoms with Gasteiger partial charge in [-0.1, -0.05) is 42.5 Å². The van der Waals surface area contributed by atoms with Crippen LogP contribution in [-0.4, -0.2) is 18.1 Å². The summed E-state index contributed by atoms with van der Waals surface area (Å²) < 4.78 is 27.5. The maximum Gasteiger partial charge on any atom is 0.210 e. The zero-order chi connectivity index (χ0) is 16.9. The van der Waals surface area contributed by atoms with Gasteiger partial charge in [0.15, 0.2) is 5.75 Å². The number of nitrogens with zero attached hydrogens (tertiary/aromatic N) is 1. The monoisotopic (exact) mass is 337 g/mol. The maximum atomic E-state index is 12.9. The van der Waals surface area contributed by atoms with Crippen molar-refractivity contribution < 1.29 is 13.5 Å². The van der Waals surface area contributed by atoms with E-state index in [9.17, 15) is 13.5 Å². The number of para-hydroxylation sites is 1. The van der Waals surface area contributed by atoms with Crippen LogP contribution in [0.3, 0.4) is 0 Å². The zero-order valence-electron chi connectivity index (χ0n) is 13.0. The van der Waals surface area contributed by atoms with E-state index in [1.54, 1.807) is 24.3 Å². The predicted octanol–water partition coefficient (Wildman–Crippen LogP) is 3.87. The standard InChI is InChI=1S/C19H15NO3S/c1-20-16-10-6-5-9-14(16)15-11-12-17(19(21)18(15)20)24(22,23)13-7-3-2-4-8-13/h2-12,21H,1H3. The lowest BCUT2D eigenvalue weighted by molar-refractivity contribution is 0.463. The van der Waals surface area contributed by atoms with Crippen molar-refractivity contribution in [2.24, 2.45) is 7.05 Å². The van der Waals surface area contributed by atoms with E-state index in [1.165, 1.54) is 18.2 Å². The van der Waals surface area contributed by atoms with Crippen LogP contribution in [0, 0.1) is 0 Å². The van der Waals surface area contributed by atoms with Crippen LogP contribution in [0.25, 0.3) is 21.8 Å². The predicted molar refractivity (Wildman–Crippen MR) is 94.0 cm³/mol. The van der Waals surface area contributed by atoms with Crippen LogP contribution in [0.5, 0.6) is 5.75 Å². The molecular formula is C19H15NO3S. The fourth-order valence-corrected chi connectivity index (χ4v) is 4.54. The SMILES string of the molecule is Cn1c2ccccc2c2ccc(S(=O)(=O)c3ccccc3)c(O)c21. The van der Waals surface area contributed by atoms with Crippen LogP contribution in [-0.2, 0) is 16.9 Å². The van der Waals surface area contributed by atoms with E-state index in [0.29, 0.717) is 5.52 Å². The summed E-state index contributed by atoms with van der Waals surface area (Å²) in [5, 5.41) is 12.5. The first-order valence-electron chi connectivity index (χ1n) is 7.51. The van der Waals surface area contributed by atoms with Crippen molar-refractivity contribution in [2.45, 2.75) is 9.79 Å². The second kappa shape index (κ2) is 5.11. The first-order chi connectivity index (χ1) is 11.5. The van der Waals surface area contributed by atoms with Gasteiger partial charge in [0.05, 0.1) is 10.4 Å². The van der Waals surface area contributed by atoms with Gasteiger partial charge in [-0.2, -0.15) is 0 Å². The van der Waals surface area contributed by atoms with Gasteiger partial charge in [-0.05, 0) is 24.3 Å². The van der Waals surface area contributed by atoms with E-state index in [4.69, 9.17) is 0 Å². The summed E-state index contributed by atoms with van der Waals surface area (Å²) >= 11 is 0. The number of phenolic OH excluding ortho intramolecular Hbond substituents is 1. The number of hydrogen-bond donors (Lipinski definition) is 1. The summed E-state index contributed by atoms with van der Waals surface area (Å²) in [6.45, 7) is 0. The third kappa shape index (κ3) is 1.95. The fraction of sp³-hybridized carbons (Fsp3) is 0.0526. The van der Waals surface area contributed by atoms with E-state index in [-0.39, 0.29) is 15.5 Å². The Kier molecular flexibility index (Phi) is 3.15. The molecule has 0 radical (unpaired) electrons. The molecule has 3 aromatic carbocycles. The minimum atomic E-state index is -3.78. The van der Waals surface area contributed by atoms with Crippen LogP contribution < -0.4 is 0 Å². The maximum absolute atomic E-state index is 12.9.